The number of rotatable bonds is 6. The summed E-state index contributed by atoms with van der Waals surface area (Å²) in [5.41, 5.74) is 1.01. The number of para-hydroxylation sites is 1. The number of amides is 1. The number of nitrogens with one attached hydrogen (secondary N) is 1. The number of ether oxygens (including phenoxy) is 2. The van der Waals surface area contributed by atoms with Gasteiger partial charge in [-0.05, 0) is 26.8 Å². The number of hydrogen-bond acceptors (Lipinski definition) is 4. The van der Waals surface area contributed by atoms with Crippen molar-refractivity contribution < 1.29 is 14.3 Å². The van der Waals surface area contributed by atoms with Gasteiger partial charge in [0.15, 0.2) is 11.5 Å². The van der Waals surface area contributed by atoms with E-state index in [-0.39, 0.29) is 18.7 Å². The highest BCUT2D eigenvalue weighted by molar-refractivity contribution is 5.81. The van der Waals surface area contributed by atoms with Crippen LogP contribution in [-0.4, -0.2) is 36.7 Å². The zero-order valence-electron chi connectivity index (χ0n) is 12.3. The van der Waals surface area contributed by atoms with Gasteiger partial charge in [-0.1, -0.05) is 12.1 Å². The van der Waals surface area contributed by atoms with Crippen LogP contribution in [0.4, 0.5) is 0 Å². The van der Waals surface area contributed by atoms with E-state index < -0.39 is 0 Å². The molecule has 1 amide bonds. The Morgan fingerprint density at radius 1 is 1.35 bits per heavy atom. The number of fused-ring (bicyclic) bond motifs is 1. The molecule has 0 spiro atoms. The molecule has 2 rings (SSSR count). The molecule has 0 saturated heterocycles. The van der Waals surface area contributed by atoms with Gasteiger partial charge in [0.05, 0.1) is 6.04 Å². The summed E-state index contributed by atoms with van der Waals surface area (Å²) in [5, 5.41) is 3.25. The van der Waals surface area contributed by atoms with E-state index in [0.717, 1.165) is 30.2 Å². The summed E-state index contributed by atoms with van der Waals surface area (Å²) < 4.78 is 10.8. The summed E-state index contributed by atoms with van der Waals surface area (Å²) in [5.74, 6) is 1.68. The van der Waals surface area contributed by atoms with Crippen molar-refractivity contribution in [2.24, 2.45) is 0 Å². The largest absolute Gasteiger partial charge is 0.454 e. The third-order valence-electron chi connectivity index (χ3n) is 3.52. The zero-order chi connectivity index (χ0) is 14.5. The highest BCUT2D eigenvalue weighted by atomic mass is 16.7. The maximum absolute atomic E-state index is 12.2. The van der Waals surface area contributed by atoms with Gasteiger partial charge in [-0.25, -0.2) is 0 Å². The zero-order valence-corrected chi connectivity index (χ0v) is 12.3. The van der Waals surface area contributed by atoms with Gasteiger partial charge in [0.25, 0.3) is 0 Å². The molecule has 1 atom stereocenters. The molecular weight excluding hydrogens is 256 g/mol. The third-order valence-corrected chi connectivity index (χ3v) is 3.52. The van der Waals surface area contributed by atoms with Gasteiger partial charge in [0, 0.05) is 25.2 Å². The van der Waals surface area contributed by atoms with Crippen molar-refractivity contribution >= 4 is 5.91 Å². The molecule has 20 heavy (non-hydrogen) atoms. The van der Waals surface area contributed by atoms with Crippen LogP contribution < -0.4 is 14.8 Å². The maximum Gasteiger partial charge on any atom is 0.239 e. The monoisotopic (exact) mass is 278 g/mol. The fourth-order valence-corrected chi connectivity index (χ4v) is 2.29. The Labute approximate surface area is 119 Å². The Morgan fingerprint density at radius 3 is 2.80 bits per heavy atom. The van der Waals surface area contributed by atoms with Crippen LogP contribution in [0, 0.1) is 0 Å². The van der Waals surface area contributed by atoms with Gasteiger partial charge in [0.1, 0.15) is 0 Å². The van der Waals surface area contributed by atoms with Gasteiger partial charge in [0.2, 0.25) is 12.7 Å². The minimum atomic E-state index is -0.215. The number of likely N-dealkylation sites (N-methyl/N-ethyl adjacent to an activating group) is 1. The summed E-state index contributed by atoms with van der Waals surface area (Å²) in [7, 11) is 0. The lowest BCUT2D eigenvalue weighted by atomic mass is 10.1. The summed E-state index contributed by atoms with van der Waals surface area (Å²) in [6.45, 7) is 8.19. The van der Waals surface area contributed by atoms with E-state index in [1.165, 1.54) is 0 Å². The van der Waals surface area contributed by atoms with Crippen molar-refractivity contribution in [1.82, 2.24) is 10.2 Å². The lowest BCUT2D eigenvalue weighted by Crippen LogP contribution is -2.44. The molecule has 1 heterocycles. The number of nitrogens with zero attached hydrogens (tertiary/aromatic N) is 1. The number of benzene rings is 1. The first-order chi connectivity index (χ1) is 9.67. The van der Waals surface area contributed by atoms with Crippen LogP contribution in [-0.2, 0) is 11.3 Å². The highest BCUT2D eigenvalue weighted by Crippen LogP contribution is 2.35. The predicted octanol–water partition coefficient (Wildman–Crippen LogP) is 1.76. The highest BCUT2D eigenvalue weighted by Gasteiger charge is 2.20. The van der Waals surface area contributed by atoms with Crippen molar-refractivity contribution in [2.45, 2.75) is 33.4 Å². The first-order valence-electron chi connectivity index (χ1n) is 7.07. The predicted molar refractivity (Wildman–Crippen MR) is 76.8 cm³/mol. The Bertz CT molecular complexity index is 472. The van der Waals surface area contributed by atoms with Gasteiger partial charge < -0.3 is 19.7 Å². The van der Waals surface area contributed by atoms with E-state index >= 15 is 0 Å². The van der Waals surface area contributed by atoms with Gasteiger partial charge in [-0.2, -0.15) is 0 Å². The van der Waals surface area contributed by atoms with Crippen molar-refractivity contribution in [3.8, 4) is 11.5 Å². The average molecular weight is 278 g/mol. The summed E-state index contributed by atoms with van der Waals surface area (Å²) in [4.78, 5) is 14.0. The van der Waals surface area contributed by atoms with Crippen LogP contribution in [0.25, 0.3) is 0 Å². The lowest BCUT2D eigenvalue weighted by molar-refractivity contribution is -0.132. The number of carbonyl (C=O) groups excluding carboxylic acids is 1. The molecule has 0 aliphatic carbocycles. The van der Waals surface area contributed by atoms with E-state index in [1.54, 1.807) is 0 Å². The van der Waals surface area contributed by atoms with Gasteiger partial charge in [-0.3, -0.25) is 4.79 Å². The van der Waals surface area contributed by atoms with E-state index in [0.29, 0.717) is 6.54 Å². The molecule has 1 N–H and O–H groups in total. The molecule has 0 radical (unpaired) electrons. The molecule has 0 saturated carbocycles. The molecular formula is C15H22N2O3. The Hall–Kier alpha value is -1.75. The lowest BCUT2D eigenvalue weighted by Gasteiger charge is -2.23. The quantitative estimate of drug-likeness (QED) is 0.861. The molecule has 1 aromatic carbocycles. The van der Waals surface area contributed by atoms with Crippen LogP contribution in [0.2, 0.25) is 0 Å². The first-order valence-corrected chi connectivity index (χ1v) is 7.07. The topological polar surface area (TPSA) is 50.8 Å². The normalized spacial score (nSPS) is 14.2. The molecule has 1 aliphatic rings. The average Bonchev–Trinajstić information content (AvgIpc) is 2.94. The fourth-order valence-electron chi connectivity index (χ4n) is 2.29. The minimum absolute atomic E-state index is 0.125. The van der Waals surface area contributed by atoms with Crippen molar-refractivity contribution in [1.29, 1.82) is 0 Å². The van der Waals surface area contributed by atoms with Crippen molar-refractivity contribution in [3.05, 3.63) is 23.8 Å². The second kappa shape index (κ2) is 6.61. The SMILES string of the molecule is CCN(CC)C(=O)C(C)NCc1cccc2c1OCO2. The molecule has 0 aromatic heterocycles. The number of carbonyl (C=O) groups is 1. The fraction of sp³-hybridized carbons (Fsp3) is 0.533. The van der Waals surface area contributed by atoms with Crippen LogP contribution in [0.1, 0.15) is 26.3 Å². The van der Waals surface area contributed by atoms with E-state index in [4.69, 9.17) is 9.47 Å². The Balaban J connectivity index is 1.95. The number of hydrogen-bond donors (Lipinski definition) is 1. The molecule has 1 aromatic rings. The first kappa shape index (κ1) is 14.7. The van der Waals surface area contributed by atoms with Crippen LogP contribution in [0.15, 0.2) is 18.2 Å². The van der Waals surface area contributed by atoms with Crippen molar-refractivity contribution in [3.63, 3.8) is 0 Å². The molecule has 1 aliphatic heterocycles. The molecule has 0 fully saturated rings. The standard InChI is InChI=1S/C15H22N2O3/c1-4-17(5-2)15(18)11(3)16-9-12-7-6-8-13-14(12)20-10-19-13/h6-8,11,16H,4-5,9-10H2,1-3H3. The van der Waals surface area contributed by atoms with E-state index in [2.05, 4.69) is 5.32 Å². The second-order valence-corrected chi connectivity index (χ2v) is 4.76. The van der Waals surface area contributed by atoms with Crippen LogP contribution >= 0.6 is 0 Å². The van der Waals surface area contributed by atoms with Crippen molar-refractivity contribution in [2.75, 3.05) is 19.9 Å². The molecule has 0 bridgehead atoms. The van der Waals surface area contributed by atoms with Gasteiger partial charge >= 0.3 is 0 Å². The molecule has 1 unspecified atom stereocenters. The second-order valence-electron chi connectivity index (χ2n) is 4.76. The van der Waals surface area contributed by atoms with E-state index in [1.807, 2.05) is 43.9 Å². The summed E-state index contributed by atoms with van der Waals surface area (Å²) in [6, 6.07) is 5.58. The Kier molecular flexibility index (Phi) is 4.84. The van der Waals surface area contributed by atoms with Gasteiger partial charge in [-0.15, -0.1) is 0 Å². The molecule has 5 nitrogen and oxygen atoms in total. The third kappa shape index (κ3) is 3.04. The summed E-state index contributed by atoms with van der Waals surface area (Å²) in [6.07, 6.45) is 0. The molecule has 110 valence electrons. The maximum atomic E-state index is 12.2. The summed E-state index contributed by atoms with van der Waals surface area (Å²) >= 11 is 0. The van der Waals surface area contributed by atoms with Crippen LogP contribution in [0.3, 0.4) is 0 Å². The minimum Gasteiger partial charge on any atom is -0.454 e. The smallest absolute Gasteiger partial charge is 0.239 e. The Morgan fingerprint density at radius 2 is 2.10 bits per heavy atom. The molecule has 5 heteroatoms. The van der Waals surface area contributed by atoms with Crippen LogP contribution in [0.5, 0.6) is 11.5 Å². The van der Waals surface area contributed by atoms with E-state index in [9.17, 15) is 4.79 Å².